The van der Waals surface area contributed by atoms with Gasteiger partial charge >= 0.3 is 0 Å². The fourth-order valence-electron chi connectivity index (χ4n) is 1.33. The van der Waals surface area contributed by atoms with Crippen molar-refractivity contribution in [2.75, 3.05) is 12.8 Å². The molecule has 6 heteroatoms. The quantitative estimate of drug-likeness (QED) is 0.824. The first-order valence-corrected chi connectivity index (χ1v) is 5.12. The molecule has 0 aliphatic rings. The molecule has 0 atom stereocenters. The third-order valence-corrected chi connectivity index (χ3v) is 2.23. The molecule has 0 unspecified atom stereocenters. The van der Waals surface area contributed by atoms with Gasteiger partial charge in [0.2, 0.25) is 11.8 Å². The van der Waals surface area contributed by atoms with Crippen molar-refractivity contribution in [2.24, 2.45) is 0 Å². The van der Waals surface area contributed by atoms with Crippen LogP contribution in [0.3, 0.4) is 0 Å². The van der Waals surface area contributed by atoms with Crippen LogP contribution in [-0.4, -0.2) is 23.4 Å². The van der Waals surface area contributed by atoms with Gasteiger partial charge in [-0.2, -0.15) is 9.97 Å². The molecule has 0 aliphatic heterocycles. The lowest BCUT2D eigenvalue weighted by Gasteiger charge is -2.08. The minimum absolute atomic E-state index is 0.209. The second kappa shape index (κ2) is 5.13. The largest absolute Gasteiger partial charge is 0.479 e. The number of carbonyl (C=O) groups excluding carboxylic acids is 1. The van der Waals surface area contributed by atoms with Gasteiger partial charge in [-0.1, -0.05) is 0 Å². The second-order valence-corrected chi connectivity index (χ2v) is 3.39. The number of hydrogen-bond donors (Lipinski definition) is 1. The first kappa shape index (κ1) is 11.8. The molecule has 6 nitrogen and oxygen atoms in total. The highest BCUT2D eigenvalue weighted by Crippen LogP contribution is 2.30. The number of nitrogens with zero attached hydrogens (tertiary/aromatic N) is 2. The third kappa shape index (κ3) is 2.37. The summed E-state index contributed by atoms with van der Waals surface area (Å²) in [4.78, 5) is 18.3. The predicted octanol–water partition coefficient (Wildman–Crippen LogP) is 1.67. The van der Waals surface area contributed by atoms with Gasteiger partial charge in [-0.15, -0.1) is 0 Å². The molecular formula is C12H11N3O3. The lowest BCUT2D eigenvalue weighted by atomic mass is 10.2. The van der Waals surface area contributed by atoms with E-state index >= 15 is 0 Å². The maximum absolute atomic E-state index is 10.5. The van der Waals surface area contributed by atoms with E-state index in [9.17, 15) is 4.79 Å². The summed E-state index contributed by atoms with van der Waals surface area (Å²) < 4.78 is 10.4. The summed E-state index contributed by atoms with van der Waals surface area (Å²) in [5.74, 6) is 0.985. The fourth-order valence-corrected chi connectivity index (χ4v) is 1.33. The molecule has 0 fully saturated rings. The zero-order valence-corrected chi connectivity index (χ0v) is 9.66. The maximum atomic E-state index is 10.5. The summed E-state index contributed by atoms with van der Waals surface area (Å²) >= 11 is 0. The van der Waals surface area contributed by atoms with Crippen LogP contribution >= 0.6 is 0 Å². The van der Waals surface area contributed by atoms with Crippen molar-refractivity contribution in [2.45, 2.75) is 0 Å². The molecule has 0 amide bonds. The van der Waals surface area contributed by atoms with Crippen molar-refractivity contribution in [1.29, 1.82) is 0 Å². The van der Waals surface area contributed by atoms with Crippen LogP contribution in [0.1, 0.15) is 10.4 Å². The molecule has 18 heavy (non-hydrogen) atoms. The molecule has 1 aromatic carbocycles. The van der Waals surface area contributed by atoms with Crippen molar-refractivity contribution in [1.82, 2.24) is 9.97 Å². The predicted molar refractivity (Wildman–Crippen MR) is 64.9 cm³/mol. The average Bonchev–Trinajstić information content (AvgIpc) is 2.42. The molecule has 2 rings (SSSR count). The summed E-state index contributed by atoms with van der Waals surface area (Å²) in [7, 11) is 1.46. The zero-order chi connectivity index (χ0) is 13.0. The van der Waals surface area contributed by atoms with Crippen molar-refractivity contribution >= 4 is 12.0 Å². The highest BCUT2D eigenvalue weighted by Gasteiger charge is 2.10. The molecule has 0 aliphatic carbocycles. The average molecular weight is 245 g/mol. The normalized spacial score (nSPS) is 9.83. The van der Waals surface area contributed by atoms with Crippen molar-refractivity contribution in [3.63, 3.8) is 0 Å². The van der Waals surface area contributed by atoms with E-state index in [0.29, 0.717) is 11.3 Å². The second-order valence-electron chi connectivity index (χ2n) is 3.39. The SMILES string of the molecule is COc1ncnc(Oc2ccc(C=O)cc2)c1N. The zero-order valence-electron chi connectivity index (χ0n) is 9.66. The van der Waals surface area contributed by atoms with Crippen molar-refractivity contribution in [3.05, 3.63) is 36.2 Å². The Bertz CT molecular complexity index is 555. The molecule has 0 bridgehead atoms. The van der Waals surface area contributed by atoms with Crippen LogP contribution in [0.2, 0.25) is 0 Å². The van der Waals surface area contributed by atoms with E-state index in [0.717, 1.165) is 6.29 Å². The molecule has 92 valence electrons. The summed E-state index contributed by atoms with van der Waals surface area (Å²) in [6.07, 6.45) is 2.05. The smallest absolute Gasteiger partial charge is 0.249 e. The number of methoxy groups -OCH3 is 1. The first-order chi connectivity index (χ1) is 8.74. The number of hydrogen-bond acceptors (Lipinski definition) is 6. The summed E-state index contributed by atoms with van der Waals surface area (Å²) in [6, 6.07) is 6.57. The van der Waals surface area contributed by atoms with Gasteiger partial charge in [-0.05, 0) is 24.3 Å². The lowest BCUT2D eigenvalue weighted by Crippen LogP contribution is -2.00. The Hall–Kier alpha value is -2.63. The number of aldehydes is 1. The van der Waals surface area contributed by atoms with E-state index in [2.05, 4.69) is 9.97 Å². The van der Waals surface area contributed by atoms with Crippen LogP contribution < -0.4 is 15.2 Å². The lowest BCUT2D eigenvalue weighted by molar-refractivity contribution is 0.112. The number of aromatic nitrogens is 2. The van der Waals surface area contributed by atoms with Gasteiger partial charge < -0.3 is 15.2 Å². The van der Waals surface area contributed by atoms with E-state index in [1.165, 1.54) is 13.4 Å². The van der Waals surface area contributed by atoms with Gasteiger partial charge in [-0.3, -0.25) is 4.79 Å². The van der Waals surface area contributed by atoms with Crippen molar-refractivity contribution < 1.29 is 14.3 Å². The van der Waals surface area contributed by atoms with Gasteiger partial charge in [0.1, 0.15) is 18.4 Å². The number of anilines is 1. The maximum Gasteiger partial charge on any atom is 0.249 e. The van der Waals surface area contributed by atoms with E-state index in [1.807, 2.05) is 0 Å². The molecule has 0 spiro atoms. The van der Waals surface area contributed by atoms with Crippen LogP contribution in [0, 0.1) is 0 Å². The minimum Gasteiger partial charge on any atom is -0.479 e. The van der Waals surface area contributed by atoms with Crippen LogP contribution in [-0.2, 0) is 0 Å². The van der Waals surface area contributed by atoms with Gasteiger partial charge in [-0.25, -0.2) is 0 Å². The highest BCUT2D eigenvalue weighted by molar-refractivity contribution is 5.74. The number of nitrogen functional groups attached to an aromatic ring is 1. The van der Waals surface area contributed by atoms with Gasteiger partial charge in [0, 0.05) is 5.56 Å². The van der Waals surface area contributed by atoms with Crippen LogP contribution in [0.4, 0.5) is 5.69 Å². The Morgan fingerprint density at radius 3 is 2.44 bits per heavy atom. The van der Waals surface area contributed by atoms with E-state index in [1.54, 1.807) is 24.3 Å². The minimum atomic E-state index is 0.209. The number of ether oxygens (including phenoxy) is 2. The molecule has 1 aromatic heterocycles. The van der Waals surface area contributed by atoms with Crippen LogP contribution in [0.15, 0.2) is 30.6 Å². The summed E-state index contributed by atoms with van der Waals surface area (Å²) in [5.41, 5.74) is 6.55. The van der Waals surface area contributed by atoms with Crippen molar-refractivity contribution in [3.8, 4) is 17.5 Å². The highest BCUT2D eigenvalue weighted by atomic mass is 16.5. The monoisotopic (exact) mass is 245 g/mol. The standard InChI is InChI=1S/C12H11N3O3/c1-17-11-10(13)12(15-7-14-11)18-9-4-2-8(6-16)3-5-9/h2-7H,13H2,1H3. The number of nitrogens with two attached hydrogens (primary N) is 1. The van der Waals surface area contributed by atoms with E-state index < -0.39 is 0 Å². The summed E-state index contributed by atoms with van der Waals surface area (Å²) in [6.45, 7) is 0. The fraction of sp³-hybridized carbons (Fsp3) is 0.0833. The van der Waals surface area contributed by atoms with E-state index in [4.69, 9.17) is 15.2 Å². The Labute approximate surface area is 103 Å². The molecule has 0 saturated carbocycles. The number of benzene rings is 1. The Morgan fingerprint density at radius 2 is 1.83 bits per heavy atom. The molecule has 0 radical (unpaired) electrons. The van der Waals surface area contributed by atoms with Gasteiger partial charge in [0.05, 0.1) is 7.11 Å². The number of rotatable bonds is 4. The van der Waals surface area contributed by atoms with Crippen LogP contribution in [0.5, 0.6) is 17.5 Å². The molecule has 0 saturated heterocycles. The van der Waals surface area contributed by atoms with Crippen LogP contribution in [0.25, 0.3) is 0 Å². The topological polar surface area (TPSA) is 87.3 Å². The molecule has 1 heterocycles. The van der Waals surface area contributed by atoms with E-state index in [-0.39, 0.29) is 17.4 Å². The Morgan fingerprint density at radius 1 is 1.17 bits per heavy atom. The molecule has 2 N–H and O–H groups in total. The molecular weight excluding hydrogens is 234 g/mol. The number of carbonyl (C=O) groups is 1. The first-order valence-electron chi connectivity index (χ1n) is 5.12. The Kier molecular flexibility index (Phi) is 3.38. The Balaban J connectivity index is 2.25. The summed E-state index contributed by atoms with van der Waals surface area (Å²) in [5, 5.41) is 0. The third-order valence-electron chi connectivity index (χ3n) is 2.23. The van der Waals surface area contributed by atoms with Gasteiger partial charge in [0.25, 0.3) is 0 Å². The molecule has 2 aromatic rings. The van der Waals surface area contributed by atoms with Gasteiger partial charge in [0.15, 0.2) is 5.69 Å².